The molecule has 6 aromatic carbocycles. The number of hydrogen-bond acceptors (Lipinski definition) is 5. The van der Waals surface area contributed by atoms with Crippen LogP contribution >= 0.6 is 9.12 Å². The molecule has 0 aliphatic rings. The topological polar surface area (TPSA) is 64.7 Å². The molecule has 0 fully saturated rings. The van der Waals surface area contributed by atoms with Crippen LogP contribution in [0.3, 0.4) is 0 Å². The molecule has 9 aromatic rings. The normalized spacial score (nSPS) is 11.0. The minimum Gasteiger partial charge on any atom is -0.416 e. The maximum Gasteiger partial charge on any atom is 0.248 e. The van der Waals surface area contributed by atoms with Gasteiger partial charge in [0.1, 0.15) is 7.00 Å². The van der Waals surface area contributed by atoms with Gasteiger partial charge in [-0.05, 0) is 94.6 Å². The molecule has 0 saturated heterocycles. The second-order valence-electron chi connectivity index (χ2n) is 15.2. The van der Waals surface area contributed by atoms with Crippen LogP contribution in [0, 0.1) is 13.8 Å². The number of benzene rings is 6. The molecule has 1 atom stereocenters. The van der Waals surface area contributed by atoms with E-state index in [1.807, 2.05) is 68.4 Å². The summed E-state index contributed by atoms with van der Waals surface area (Å²) in [5, 5.41) is 10.7. The van der Waals surface area contributed by atoms with Crippen molar-refractivity contribution in [1.82, 2.24) is 20.2 Å². The molecular weight excluding hydrogens is 726 g/mol. The largest absolute Gasteiger partial charge is 0.416 e. The average Bonchev–Trinajstić information content (AvgIpc) is 3.75. The van der Waals surface area contributed by atoms with E-state index in [1.54, 1.807) is 0 Å². The smallest absolute Gasteiger partial charge is 0.248 e. The van der Waals surface area contributed by atoms with E-state index in [2.05, 4.69) is 163 Å². The third-order valence-corrected chi connectivity index (χ3v) is 9.85. The molecule has 0 aliphatic heterocycles. The van der Waals surface area contributed by atoms with Gasteiger partial charge in [-0.25, -0.2) is 0 Å². The van der Waals surface area contributed by atoms with Crippen LogP contribution in [0.4, 0.5) is 0 Å². The Bertz CT molecular complexity index is 2640. The Morgan fingerprint density at radius 2 is 0.810 bits per heavy atom. The van der Waals surface area contributed by atoms with Crippen molar-refractivity contribution in [3.05, 3.63) is 181 Å². The highest BCUT2D eigenvalue weighted by Gasteiger charge is 2.16. The molecule has 1 radical (unpaired) electrons. The van der Waals surface area contributed by atoms with Crippen molar-refractivity contribution in [2.24, 2.45) is 0 Å². The summed E-state index contributed by atoms with van der Waals surface area (Å²) in [7, 11) is 2.45. The van der Waals surface area contributed by atoms with E-state index in [9.17, 15) is 0 Å². The Morgan fingerprint density at radius 1 is 0.466 bits per heavy atom. The zero-order valence-electron chi connectivity index (χ0n) is 33.9. The van der Waals surface area contributed by atoms with Crippen molar-refractivity contribution in [2.75, 3.05) is 0 Å². The first kappa shape index (κ1) is 40.0. The first-order chi connectivity index (χ1) is 28.1. The molecule has 0 saturated carbocycles. The summed E-state index contributed by atoms with van der Waals surface area (Å²) in [6.45, 7) is 14.6. The molecule has 58 heavy (non-hydrogen) atoms. The van der Waals surface area contributed by atoms with Crippen LogP contribution in [-0.4, -0.2) is 27.2 Å². The van der Waals surface area contributed by atoms with Gasteiger partial charge in [0.15, 0.2) is 0 Å². The molecule has 285 valence electrons. The molecule has 0 spiro atoms. The molecule has 0 amide bonds. The van der Waals surface area contributed by atoms with Crippen molar-refractivity contribution in [2.45, 2.75) is 46.9 Å². The van der Waals surface area contributed by atoms with Crippen LogP contribution < -0.4 is 0 Å². The Morgan fingerprint density at radius 3 is 1.21 bits per heavy atom. The number of aromatic nitrogens is 4. The average molecular weight is 774 g/mol. The fraction of sp³-hybridized carbons (Fsp3) is 0.137. The Labute approximate surface area is 345 Å². The third-order valence-electron chi connectivity index (χ3n) is 9.85. The highest BCUT2D eigenvalue weighted by molar-refractivity contribution is 7.55. The lowest BCUT2D eigenvalue weighted by Crippen LogP contribution is -2.10. The van der Waals surface area contributed by atoms with Crippen molar-refractivity contribution in [1.29, 1.82) is 0 Å². The lowest BCUT2D eigenvalue weighted by atomic mass is 9.87. The molecule has 5 nitrogen and oxygen atoms in total. The summed E-state index contributed by atoms with van der Waals surface area (Å²) in [6.07, 6.45) is 0. The van der Waals surface area contributed by atoms with Crippen LogP contribution in [0.5, 0.6) is 0 Å². The summed E-state index contributed by atoms with van der Waals surface area (Å²) in [5.41, 5.74) is 14.4. The van der Waals surface area contributed by atoms with E-state index >= 15 is 0 Å². The van der Waals surface area contributed by atoms with Crippen LogP contribution in [0.25, 0.3) is 78.1 Å². The van der Waals surface area contributed by atoms with E-state index in [0.29, 0.717) is 11.8 Å². The lowest BCUT2D eigenvalue weighted by Gasteiger charge is -2.18. The Balaban J connectivity index is 0.000000166. The summed E-state index contributed by atoms with van der Waals surface area (Å²) in [4.78, 5) is 9.81. The lowest BCUT2D eigenvalue weighted by molar-refractivity contribution is 0.582. The first-order valence-corrected chi connectivity index (χ1v) is 20.2. The minimum absolute atomic E-state index is 0.124. The van der Waals surface area contributed by atoms with Crippen LogP contribution in [-0.2, 0) is 5.41 Å². The van der Waals surface area contributed by atoms with E-state index in [0.717, 1.165) is 49.9 Å². The first-order valence-electron chi connectivity index (χ1n) is 19.6. The van der Waals surface area contributed by atoms with Gasteiger partial charge in [0.25, 0.3) is 0 Å². The Kier molecular flexibility index (Phi) is 12.4. The molecule has 3 aromatic heterocycles. The van der Waals surface area contributed by atoms with Gasteiger partial charge < -0.3 is 4.42 Å². The van der Waals surface area contributed by atoms with Gasteiger partial charge in [0.2, 0.25) is 11.8 Å². The van der Waals surface area contributed by atoms with Crippen molar-refractivity contribution in [3.63, 3.8) is 0 Å². The van der Waals surface area contributed by atoms with Crippen LogP contribution in [0.2, 0.25) is 6.82 Å². The highest BCUT2D eigenvalue weighted by atomic mass is 31.0. The molecule has 9 rings (SSSR count). The number of aryl methyl sites for hydroxylation is 2. The standard InChI is InChI=1S/C26H20N2.C24H22N2O.CH5BP/c1-17-15-23(19-9-5-3-6-10-19)21-13-14-22-24(20-11-7-4-8-12-20)16-18(2)28-26(22)25(21)27-17;1-24(2,3)21-15-13-20(14-16-21)23-26-25-22(27-23)19-11-9-18(10-12-19)17-7-5-4-6-8-17;1-2-3/h3-16H,1-2H3;4-16H,1-3H3;3H2,1H3. The number of pyridine rings is 2. The van der Waals surface area contributed by atoms with Gasteiger partial charge in [-0.2, -0.15) is 9.12 Å². The second-order valence-corrected chi connectivity index (χ2v) is 15.9. The van der Waals surface area contributed by atoms with Crippen molar-refractivity contribution < 1.29 is 4.42 Å². The summed E-state index contributed by atoms with van der Waals surface area (Å²) < 4.78 is 5.90. The van der Waals surface area contributed by atoms with Gasteiger partial charge in [-0.15, -0.1) is 10.2 Å². The fourth-order valence-corrected chi connectivity index (χ4v) is 6.95. The number of hydrogen-bond donors (Lipinski definition) is 0. The van der Waals surface area contributed by atoms with Gasteiger partial charge in [0, 0.05) is 33.3 Å². The molecule has 0 aliphatic carbocycles. The zero-order valence-corrected chi connectivity index (χ0v) is 35.1. The van der Waals surface area contributed by atoms with Gasteiger partial charge in [-0.1, -0.05) is 155 Å². The van der Waals surface area contributed by atoms with E-state index in [1.165, 1.54) is 33.4 Å². The van der Waals surface area contributed by atoms with E-state index in [4.69, 9.17) is 14.4 Å². The van der Waals surface area contributed by atoms with Gasteiger partial charge in [-0.3, -0.25) is 9.97 Å². The molecule has 0 N–H and O–H groups in total. The number of rotatable bonds is 5. The summed E-state index contributed by atoms with van der Waals surface area (Å²) >= 11 is 0. The Hall–Kier alpha value is -6.23. The molecule has 3 heterocycles. The fourth-order valence-electron chi connectivity index (χ4n) is 6.95. The summed E-state index contributed by atoms with van der Waals surface area (Å²) in [5.74, 6) is 1.07. The maximum absolute atomic E-state index is 5.90. The predicted octanol–water partition coefficient (Wildman–Crippen LogP) is 13.6. The third kappa shape index (κ3) is 9.15. The summed E-state index contributed by atoms with van der Waals surface area (Å²) in [6, 6.07) is 56.5. The molecule has 1 unspecified atom stereocenters. The van der Waals surface area contributed by atoms with Crippen LogP contribution in [0.1, 0.15) is 37.7 Å². The zero-order chi connectivity index (χ0) is 40.6. The van der Waals surface area contributed by atoms with Gasteiger partial charge in [0.05, 0.1) is 11.0 Å². The molecule has 7 heteroatoms. The van der Waals surface area contributed by atoms with Crippen molar-refractivity contribution in [3.8, 4) is 56.3 Å². The highest BCUT2D eigenvalue weighted by Crippen LogP contribution is 2.36. The second kappa shape index (κ2) is 17.9. The quantitative estimate of drug-likeness (QED) is 0.0990. The number of fused-ring (bicyclic) bond motifs is 3. The predicted molar refractivity (Wildman–Crippen MR) is 248 cm³/mol. The van der Waals surface area contributed by atoms with E-state index in [-0.39, 0.29) is 5.41 Å². The van der Waals surface area contributed by atoms with E-state index < -0.39 is 0 Å². The minimum atomic E-state index is 0.124. The number of nitrogens with zero attached hydrogens (tertiary/aromatic N) is 4. The SMILES string of the molecule is CC(C)(C)c1ccc(-c2nnc(-c3ccc(-c4ccccc4)cc3)o2)cc1.C[B]P.Cc1cc(-c2ccccc2)c2ccc3c(-c4ccccc4)cc(C)nc3c2n1. The molecular formula is C51H47BN4OP. The molecule has 0 bridgehead atoms. The van der Waals surface area contributed by atoms with Gasteiger partial charge >= 0.3 is 0 Å². The van der Waals surface area contributed by atoms with Crippen molar-refractivity contribution >= 4 is 37.9 Å². The maximum atomic E-state index is 5.90. The van der Waals surface area contributed by atoms with Crippen LogP contribution in [0.15, 0.2) is 168 Å². The monoisotopic (exact) mass is 773 g/mol.